The first-order chi connectivity index (χ1) is 12.5. The molecule has 2 N–H and O–H groups in total. The van der Waals surface area contributed by atoms with Crippen LogP contribution >= 0.6 is 35.6 Å². The molecule has 27 heavy (non-hydrogen) atoms. The normalized spacial score (nSPS) is 15.0. The summed E-state index contributed by atoms with van der Waals surface area (Å²) < 4.78 is 26.3. The Morgan fingerprint density at radius 2 is 1.70 bits per heavy atom. The molecule has 2 aromatic carbocycles. The third kappa shape index (κ3) is 3.77. The van der Waals surface area contributed by atoms with Crippen molar-refractivity contribution in [3.63, 3.8) is 0 Å². The fourth-order valence-corrected chi connectivity index (χ4v) is 5.36. The van der Waals surface area contributed by atoms with Crippen LogP contribution in [0.1, 0.15) is 0 Å². The lowest BCUT2D eigenvalue weighted by Gasteiger charge is -2.29. The van der Waals surface area contributed by atoms with Gasteiger partial charge in [0.15, 0.2) is 0 Å². The predicted octanol–water partition coefficient (Wildman–Crippen LogP) is 4.14. The second-order valence-electron chi connectivity index (χ2n) is 6.20. The van der Waals surface area contributed by atoms with Gasteiger partial charge in [0.2, 0.25) is 9.84 Å². The number of fused-ring (bicyclic) bond motifs is 1. The van der Waals surface area contributed by atoms with Crippen molar-refractivity contribution in [3.8, 4) is 0 Å². The minimum atomic E-state index is -3.77. The van der Waals surface area contributed by atoms with E-state index in [0.717, 1.165) is 31.9 Å². The van der Waals surface area contributed by atoms with Crippen LogP contribution in [0.15, 0.2) is 52.4 Å². The van der Waals surface area contributed by atoms with Crippen LogP contribution in [0.2, 0.25) is 10.0 Å². The van der Waals surface area contributed by atoms with Gasteiger partial charge in [0.05, 0.1) is 14.8 Å². The minimum absolute atomic E-state index is 0. The number of hydrogen-bond donors (Lipinski definition) is 2. The summed E-state index contributed by atoms with van der Waals surface area (Å²) in [6, 6.07) is 10.2. The highest BCUT2D eigenvalue weighted by atomic mass is 35.5. The number of sulfone groups is 1. The molecule has 0 saturated carbocycles. The van der Waals surface area contributed by atoms with Crippen LogP contribution in [-0.2, 0) is 9.84 Å². The molecule has 0 unspecified atom stereocenters. The Hall–Kier alpha value is -1.44. The average Bonchev–Trinajstić information content (AvgIpc) is 3.06. The van der Waals surface area contributed by atoms with Crippen LogP contribution in [0.4, 0.5) is 5.69 Å². The van der Waals surface area contributed by atoms with E-state index in [-0.39, 0.29) is 27.2 Å². The van der Waals surface area contributed by atoms with Gasteiger partial charge in [-0.25, -0.2) is 8.42 Å². The first-order valence-electron chi connectivity index (χ1n) is 8.24. The highest BCUT2D eigenvalue weighted by Gasteiger charge is 2.25. The lowest BCUT2D eigenvalue weighted by Crippen LogP contribution is -2.43. The fourth-order valence-electron chi connectivity index (χ4n) is 3.24. The standard InChI is InChI=1S/C18H17Cl2N3O2S.ClH/c19-12-1-3-16-14(9-12)18(11-22-16)26(24,25)17-4-2-13(10-15(17)20)23-7-5-21-6-8-23;/h1-4,9-11,21-22H,5-8H2;1H. The summed E-state index contributed by atoms with van der Waals surface area (Å²) in [4.78, 5) is 5.43. The average molecular weight is 447 g/mol. The third-order valence-electron chi connectivity index (χ3n) is 4.58. The van der Waals surface area contributed by atoms with Crippen molar-refractivity contribution in [1.82, 2.24) is 10.3 Å². The summed E-state index contributed by atoms with van der Waals surface area (Å²) in [5.41, 5.74) is 1.64. The van der Waals surface area contributed by atoms with Crippen molar-refractivity contribution in [2.75, 3.05) is 31.1 Å². The van der Waals surface area contributed by atoms with E-state index in [0.29, 0.717) is 15.9 Å². The first-order valence-corrected chi connectivity index (χ1v) is 10.5. The maximum Gasteiger partial charge on any atom is 0.210 e. The topological polar surface area (TPSA) is 65.2 Å². The molecular formula is C18H18Cl3N3O2S. The molecule has 0 aliphatic carbocycles. The number of benzene rings is 2. The summed E-state index contributed by atoms with van der Waals surface area (Å²) >= 11 is 12.4. The summed E-state index contributed by atoms with van der Waals surface area (Å²) in [5.74, 6) is 0. The number of piperazine rings is 1. The van der Waals surface area contributed by atoms with Crippen LogP contribution in [0.3, 0.4) is 0 Å². The first kappa shape index (κ1) is 20.3. The van der Waals surface area contributed by atoms with Gasteiger partial charge in [-0.2, -0.15) is 0 Å². The van der Waals surface area contributed by atoms with Crippen LogP contribution in [0, 0.1) is 0 Å². The number of anilines is 1. The minimum Gasteiger partial charge on any atom is -0.369 e. The van der Waals surface area contributed by atoms with E-state index in [1.54, 1.807) is 30.3 Å². The van der Waals surface area contributed by atoms with E-state index in [9.17, 15) is 8.42 Å². The quantitative estimate of drug-likeness (QED) is 0.635. The number of aromatic amines is 1. The highest BCUT2D eigenvalue weighted by Crippen LogP contribution is 2.35. The van der Waals surface area contributed by atoms with Crippen LogP contribution < -0.4 is 10.2 Å². The Bertz CT molecular complexity index is 1080. The number of nitrogens with one attached hydrogen (secondary N) is 2. The van der Waals surface area contributed by atoms with Gasteiger partial charge in [-0.15, -0.1) is 12.4 Å². The lowest BCUT2D eigenvalue weighted by atomic mass is 10.2. The molecule has 0 amide bonds. The Morgan fingerprint density at radius 3 is 2.41 bits per heavy atom. The fraction of sp³-hybridized carbons (Fsp3) is 0.222. The van der Waals surface area contributed by atoms with Crippen molar-refractivity contribution in [2.24, 2.45) is 0 Å². The second-order valence-corrected chi connectivity index (χ2v) is 8.93. The Balaban J connectivity index is 0.00000210. The van der Waals surface area contributed by atoms with Gasteiger partial charge < -0.3 is 15.2 Å². The van der Waals surface area contributed by atoms with Gasteiger partial charge in [-0.05, 0) is 36.4 Å². The van der Waals surface area contributed by atoms with Crippen molar-refractivity contribution >= 4 is 62.0 Å². The van der Waals surface area contributed by atoms with E-state index in [1.807, 2.05) is 6.07 Å². The molecule has 5 nitrogen and oxygen atoms in total. The number of rotatable bonds is 3. The zero-order valence-corrected chi connectivity index (χ0v) is 17.4. The van der Waals surface area contributed by atoms with E-state index in [2.05, 4.69) is 15.2 Å². The number of halogens is 3. The van der Waals surface area contributed by atoms with Crippen LogP contribution in [0.25, 0.3) is 10.9 Å². The number of aromatic nitrogens is 1. The molecule has 4 rings (SSSR count). The molecule has 2 heterocycles. The smallest absolute Gasteiger partial charge is 0.210 e. The second kappa shape index (κ2) is 7.89. The zero-order chi connectivity index (χ0) is 18.3. The Kier molecular flexibility index (Phi) is 5.93. The highest BCUT2D eigenvalue weighted by molar-refractivity contribution is 7.91. The molecule has 1 aromatic heterocycles. The summed E-state index contributed by atoms with van der Waals surface area (Å²) in [7, 11) is -3.77. The van der Waals surface area contributed by atoms with Gasteiger partial charge in [0, 0.05) is 54.0 Å². The van der Waals surface area contributed by atoms with Crippen LogP contribution in [-0.4, -0.2) is 39.6 Å². The van der Waals surface area contributed by atoms with Crippen molar-refractivity contribution in [2.45, 2.75) is 9.79 Å². The molecule has 144 valence electrons. The maximum absolute atomic E-state index is 13.2. The molecule has 0 radical (unpaired) electrons. The molecule has 0 spiro atoms. The number of hydrogen-bond acceptors (Lipinski definition) is 4. The SMILES string of the molecule is Cl.O=S(=O)(c1ccc(N2CCNCC2)cc1Cl)c1c[nH]c2ccc(Cl)cc12. The summed E-state index contributed by atoms with van der Waals surface area (Å²) in [5, 5.41) is 4.55. The monoisotopic (exact) mass is 445 g/mol. The molecule has 3 aromatic rings. The van der Waals surface area contributed by atoms with Crippen LogP contribution in [0.5, 0.6) is 0 Å². The van der Waals surface area contributed by atoms with Gasteiger partial charge >= 0.3 is 0 Å². The number of nitrogens with zero attached hydrogens (tertiary/aromatic N) is 1. The summed E-state index contributed by atoms with van der Waals surface area (Å²) in [6.07, 6.45) is 1.48. The van der Waals surface area contributed by atoms with Crippen molar-refractivity contribution in [1.29, 1.82) is 0 Å². The van der Waals surface area contributed by atoms with E-state index in [4.69, 9.17) is 23.2 Å². The molecule has 1 aliphatic rings. The van der Waals surface area contributed by atoms with Gasteiger partial charge in [-0.3, -0.25) is 0 Å². The van der Waals surface area contributed by atoms with Gasteiger partial charge in [-0.1, -0.05) is 23.2 Å². The number of H-pyrrole nitrogens is 1. The molecule has 1 saturated heterocycles. The zero-order valence-electron chi connectivity index (χ0n) is 14.2. The molecular weight excluding hydrogens is 429 g/mol. The largest absolute Gasteiger partial charge is 0.369 e. The van der Waals surface area contributed by atoms with E-state index in [1.165, 1.54) is 6.20 Å². The molecule has 0 atom stereocenters. The van der Waals surface area contributed by atoms with E-state index < -0.39 is 9.84 Å². The van der Waals surface area contributed by atoms with Gasteiger partial charge in [0.25, 0.3) is 0 Å². The Morgan fingerprint density at radius 1 is 0.963 bits per heavy atom. The Labute approximate surface area is 174 Å². The summed E-state index contributed by atoms with van der Waals surface area (Å²) in [6.45, 7) is 3.52. The maximum atomic E-state index is 13.2. The van der Waals surface area contributed by atoms with Crippen molar-refractivity contribution in [3.05, 3.63) is 52.6 Å². The molecule has 0 bridgehead atoms. The van der Waals surface area contributed by atoms with E-state index >= 15 is 0 Å². The van der Waals surface area contributed by atoms with Crippen molar-refractivity contribution < 1.29 is 8.42 Å². The third-order valence-corrected chi connectivity index (χ3v) is 7.09. The molecule has 9 heteroatoms. The predicted molar refractivity (Wildman–Crippen MR) is 113 cm³/mol. The van der Waals surface area contributed by atoms with Gasteiger partial charge in [0.1, 0.15) is 0 Å². The lowest BCUT2D eigenvalue weighted by molar-refractivity contribution is 0.588. The molecule has 1 aliphatic heterocycles. The molecule has 1 fully saturated rings.